The second-order valence-electron chi connectivity index (χ2n) is 4.15. The number of carbonyl (C=O) groups is 1. The topological polar surface area (TPSA) is 32.9 Å². The maximum atomic E-state index is 11.3. The lowest BCUT2D eigenvalue weighted by Gasteiger charge is -2.05. The van der Waals surface area contributed by atoms with Gasteiger partial charge >= 0.3 is 0 Å². The molecular weight excluding hydrogens is 186 g/mol. The molecule has 1 aromatic carbocycles. The third-order valence-electron chi connectivity index (χ3n) is 3.13. The molecule has 0 aliphatic carbocycles. The molecule has 2 aromatic rings. The lowest BCUT2D eigenvalue weighted by atomic mass is 10.0. The number of carbonyl (C=O) groups excluding carboxylic acids is 1. The van der Waals surface area contributed by atoms with Crippen LogP contribution in [-0.2, 0) is 0 Å². The van der Waals surface area contributed by atoms with Gasteiger partial charge in [0, 0.05) is 17.8 Å². The SMILES string of the molecule is CC(=O)c1cc2cc(C)c(C)c(C)c2[nH]1. The number of rotatable bonds is 1. The van der Waals surface area contributed by atoms with Crippen molar-refractivity contribution in [1.82, 2.24) is 4.98 Å². The predicted molar refractivity (Wildman–Crippen MR) is 62.5 cm³/mol. The third-order valence-corrected chi connectivity index (χ3v) is 3.13. The summed E-state index contributed by atoms with van der Waals surface area (Å²) in [5.41, 5.74) is 5.58. The predicted octanol–water partition coefficient (Wildman–Crippen LogP) is 3.30. The maximum absolute atomic E-state index is 11.3. The zero-order valence-corrected chi connectivity index (χ0v) is 9.56. The zero-order valence-electron chi connectivity index (χ0n) is 9.56. The number of aromatic amines is 1. The smallest absolute Gasteiger partial charge is 0.175 e. The van der Waals surface area contributed by atoms with E-state index in [1.54, 1.807) is 6.92 Å². The molecule has 1 aromatic heterocycles. The Morgan fingerprint density at radius 3 is 2.40 bits per heavy atom. The Morgan fingerprint density at radius 2 is 1.80 bits per heavy atom. The van der Waals surface area contributed by atoms with Crippen LogP contribution in [0.15, 0.2) is 12.1 Å². The Balaban J connectivity index is 2.82. The van der Waals surface area contributed by atoms with E-state index in [9.17, 15) is 4.79 Å². The lowest BCUT2D eigenvalue weighted by molar-refractivity contribution is 0.101. The van der Waals surface area contributed by atoms with Crippen LogP contribution in [0.3, 0.4) is 0 Å². The van der Waals surface area contributed by atoms with E-state index < -0.39 is 0 Å². The minimum atomic E-state index is 0.0842. The Kier molecular flexibility index (Phi) is 2.14. The molecule has 0 fully saturated rings. The molecule has 0 atom stereocenters. The van der Waals surface area contributed by atoms with Gasteiger partial charge in [0.25, 0.3) is 0 Å². The number of fused-ring (bicyclic) bond motifs is 1. The molecule has 2 heteroatoms. The first-order valence-corrected chi connectivity index (χ1v) is 5.11. The van der Waals surface area contributed by atoms with Crippen molar-refractivity contribution in [2.24, 2.45) is 0 Å². The quantitative estimate of drug-likeness (QED) is 0.705. The van der Waals surface area contributed by atoms with Crippen LogP contribution in [0.25, 0.3) is 10.9 Å². The van der Waals surface area contributed by atoms with Crippen molar-refractivity contribution in [3.8, 4) is 0 Å². The Hall–Kier alpha value is -1.57. The van der Waals surface area contributed by atoms with Gasteiger partial charge in [-0.15, -0.1) is 0 Å². The summed E-state index contributed by atoms with van der Waals surface area (Å²) in [7, 11) is 0. The van der Waals surface area contributed by atoms with Gasteiger partial charge in [-0.1, -0.05) is 0 Å². The van der Waals surface area contributed by atoms with Gasteiger partial charge in [0.2, 0.25) is 0 Å². The number of hydrogen-bond acceptors (Lipinski definition) is 1. The van der Waals surface area contributed by atoms with Gasteiger partial charge in [0.1, 0.15) is 0 Å². The molecule has 2 nitrogen and oxygen atoms in total. The van der Waals surface area contributed by atoms with Crippen LogP contribution < -0.4 is 0 Å². The molecule has 0 amide bonds. The van der Waals surface area contributed by atoms with E-state index in [1.165, 1.54) is 16.7 Å². The first kappa shape index (κ1) is 9.97. The molecule has 0 unspecified atom stereocenters. The van der Waals surface area contributed by atoms with Crippen molar-refractivity contribution in [3.63, 3.8) is 0 Å². The van der Waals surface area contributed by atoms with Crippen molar-refractivity contribution in [2.75, 3.05) is 0 Å². The van der Waals surface area contributed by atoms with Crippen molar-refractivity contribution >= 4 is 16.7 Å². The van der Waals surface area contributed by atoms with Gasteiger partial charge in [-0.3, -0.25) is 4.79 Å². The average molecular weight is 201 g/mol. The molecular formula is C13H15NO. The molecule has 0 bridgehead atoms. The van der Waals surface area contributed by atoms with E-state index in [4.69, 9.17) is 0 Å². The third kappa shape index (κ3) is 1.46. The summed E-state index contributed by atoms with van der Waals surface area (Å²) in [6.45, 7) is 7.88. The summed E-state index contributed by atoms with van der Waals surface area (Å²) < 4.78 is 0. The first-order valence-electron chi connectivity index (χ1n) is 5.11. The first-order chi connectivity index (χ1) is 7.00. The Bertz CT molecular complexity index is 549. The maximum Gasteiger partial charge on any atom is 0.175 e. The minimum absolute atomic E-state index is 0.0842. The van der Waals surface area contributed by atoms with E-state index in [2.05, 4.69) is 31.8 Å². The van der Waals surface area contributed by atoms with Crippen molar-refractivity contribution in [3.05, 3.63) is 34.5 Å². The number of hydrogen-bond donors (Lipinski definition) is 1. The van der Waals surface area contributed by atoms with Crippen molar-refractivity contribution < 1.29 is 4.79 Å². The number of ketones is 1. The summed E-state index contributed by atoms with van der Waals surface area (Å²) in [5.74, 6) is 0.0842. The summed E-state index contributed by atoms with van der Waals surface area (Å²) in [6, 6.07) is 4.05. The second-order valence-corrected chi connectivity index (χ2v) is 4.15. The van der Waals surface area contributed by atoms with E-state index in [0.717, 1.165) is 10.9 Å². The van der Waals surface area contributed by atoms with Gasteiger partial charge in [0.05, 0.1) is 5.69 Å². The summed E-state index contributed by atoms with van der Waals surface area (Å²) in [5, 5.41) is 1.13. The molecule has 0 spiro atoms. The normalized spacial score (nSPS) is 10.9. The van der Waals surface area contributed by atoms with Gasteiger partial charge < -0.3 is 4.98 Å². The molecule has 1 heterocycles. The molecule has 0 saturated heterocycles. The highest BCUT2D eigenvalue weighted by Gasteiger charge is 2.09. The molecule has 15 heavy (non-hydrogen) atoms. The van der Waals surface area contributed by atoms with E-state index in [0.29, 0.717) is 5.69 Å². The molecule has 78 valence electrons. The van der Waals surface area contributed by atoms with E-state index >= 15 is 0 Å². The molecule has 0 aliphatic heterocycles. The van der Waals surface area contributed by atoms with Gasteiger partial charge in [0.15, 0.2) is 5.78 Å². The molecule has 1 N–H and O–H groups in total. The molecule has 0 radical (unpaired) electrons. The fourth-order valence-electron chi connectivity index (χ4n) is 1.91. The summed E-state index contributed by atoms with van der Waals surface area (Å²) in [6.07, 6.45) is 0. The highest BCUT2D eigenvalue weighted by Crippen LogP contribution is 2.25. The summed E-state index contributed by atoms with van der Waals surface area (Å²) >= 11 is 0. The highest BCUT2D eigenvalue weighted by atomic mass is 16.1. The molecule has 0 saturated carbocycles. The standard InChI is InChI=1S/C13H15NO/c1-7-5-11-6-12(10(4)15)14-13(11)9(3)8(7)2/h5-6,14H,1-4H3. The number of aryl methyl sites for hydroxylation is 2. The van der Waals surface area contributed by atoms with Crippen LogP contribution in [0.5, 0.6) is 0 Å². The van der Waals surface area contributed by atoms with Crippen LogP contribution in [0.4, 0.5) is 0 Å². The van der Waals surface area contributed by atoms with E-state index in [1.807, 2.05) is 6.07 Å². The minimum Gasteiger partial charge on any atom is -0.352 e. The second kappa shape index (κ2) is 3.23. The number of benzene rings is 1. The van der Waals surface area contributed by atoms with E-state index in [-0.39, 0.29) is 5.78 Å². The van der Waals surface area contributed by atoms with Crippen LogP contribution in [0.1, 0.15) is 34.1 Å². The van der Waals surface area contributed by atoms with Crippen LogP contribution in [0.2, 0.25) is 0 Å². The fraction of sp³-hybridized carbons (Fsp3) is 0.308. The largest absolute Gasteiger partial charge is 0.352 e. The zero-order chi connectivity index (χ0) is 11.2. The number of Topliss-reactive ketones (excluding diaryl/α,β-unsaturated/α-hetero) is 1. The van der Waals surface area contributed by atoms with Crippen molar-refractivity contribution in [1.29, 1.82) is 0 Å². The van der Waals surface area contributed by atoms with Crippen LogP contribution in [-0.4, -0.2) is 10.8 Å². The Morgan fingerprint density at radius 1 is 1.13 bits per heavy atom. The number of H-pyrrole nitrogens is 1. The van der Waals surface area contributed by atoms with Crippen LogP contribution >= 0.6 is 0 Å². The monoisotopic (exact) mass is 201 g/mol. The van der Waals surface area contributed by atoms with Crippen molar-refractivity contribution in [2.45, 2.75) is 27.7 Å². The van der Waals surface area contributed by atoms with Crippen LogP contribution in [0, 0.1) is 20.8 Å². The van der Waals surface area contributed by atoms with Gasteiger partial charge in [-0.25, -0.2) is 0 Å². The number of aromatic nitrogens is 1. The Labute approximate surface area is 89.3 Å². The highest BCUT2D eigenvalue weighted by molar-refractivity contribution is 5.99. The molecule has 0 aliphatic rings. The molecule has 2 rings (SSSR count). The number of nitrogens with one attached hydrogen (secondary N) is 1. The summed E-state index contributed by atoms with van der Waals surface area (Å²) in [4.78, 5) is 14.4. The van der Waals surface area contributed by atoms with Gasteiger partial charge in [-0.05, 0) is 49.6 Å². The fourth-order valence-corrected chi connectivity index (χ4v) is 1.91. The lowest BCUT2D eigenvalue weighted by Crippen LogP contribution is -1.91. The van der Waals surface area contributed by atoms with Gasteiger partial charge in [-0.2, -0.15) is 0 Å². The average Bonchev–Trinajstić information content (AvgIpc) is 2.58.